The number of pyridine rings is 1. The van der Waals surface area contributed by atoms with E-state index in [9.17, 15) is 9.59 Å². The summed E-state index contributed by atoms with van der Waals surface area (Å²) in [4.78, 5) is 40.8. The molecule has 1 aliphatic heterocycles. The van der Waals surface area contributed by atoms with Gasteiger partial charge in [-0.15, -0.1) is 0 Å². The van der Waals surface area contributed by atoms with Gasteiger partial charge in [0.15, 0.2) is 0 Å². The predicted octanol–water partition coefficient (Wildman–Crippen LogP) is 2.27. The van der Waals surface area contributed by atoms with Crippen LogP contribution >= 0.6 is 0 Å². The third-order valence-corrected chi connectivity index (χ3v) is 5.73. The van der Waals surface area contributed by atoms with Gasteiger partial charge in [-0.3, -0.25) is 14.6 Å². The summed E-state index contributed by atoms with van der Waals surface area (Å²) in [7, 11) is 5.95. The van der Waals surface area contributed by atoms with Gasteiger partial charge in [-0.1, -0.05) is 0 Å². The number of carbonyl (C=O) groups excluding carboxylic acids is 1. The van der Waals surface area contributed by atoms with Crippen LogP contribution in [0.15, 0.2) is 53.7 Å². The molecule has 32 heavy (non-hydrogen) atoms. The molecule has 2 aromatic heterocycles. The molecule has 3 aromatic rings. The van der Waals surface area contributed by atoms with E-state index in [2.05, 4.69) is 49.5 Å². The number of nitrogens with one attached hydrogen (secondary N) is 3. The van der Waals surface area contributed by atoms with Crippen molar-refractivity contribution < 1.29 is 4.79 Å². The minimum atomic E-state index is -0.386. The summed E-state index contributed by atoms with van der Waals surface area (Å²) < 4.78 is 0. The second kappa shape index (κ2) is 9.19. The van der Waals surface area contributed by atoms with Gasteiger partial charge in [-0.05, 0) is 50.8 Å². The molecule has 3 heterocycles. The Morgan fingerprint density at radius 2 is 2.00 bits per heavy atom. The number of benzene rings is 1. The first-order valence-corrected chi connectivity index (χ1v) is 10.5. The molecule has 1 saturated heterocycles. The van der Waals surface area contributed by atoms with Gasteiger partial charge < -0.3 is 25.4 Å². The van der Waals surface area contributed by atoms with Crippen molar-refractivity contribution in [1.82, 2.24) is 19.9 Å². The first-order chi connectivity index (χ1) is 15.4. The highest BCUT2D eigenvalue weighted by Gasteiger charge is 2.24. The van der Waals surface area contributed by atoms with Crippen LogP contribution in [-0.4, -0.2) is 66.0 Å². The lowest BCUT2D eigenvalue weighted by atomic mass is 10.1. The second-order valence-corrected chi connectivity index (χ2v) is 8.02. The molecule has 1 aliphatic rings. The van der Waals surface area contributed by atoms with Crippen LogP contribution in [-0.2, 0) is 0 Å². The van der Waals surface area contributed by atoms with Crippen LogP contribution in [0.3, 0.4) is 0 Å². The zero-order chi connectivity index (χ0) is 22.7. The molecule has 0 aliphatic carbocycles. The SMILES string of the molecule is CNc1cncc(-c2c[nH]c(=O)c(NC(=O)c3ccc(N4CCC(N(C)C)C4)cc3)c2)n1. The van der Waals surface area contributed by atoms with E-state index in [0.717, 1.165) is 25.2 Å². The molecule has 0 bridgehead atoms. The van der Waals surface area contributed by atoms with Crippen molar-refractivity contribution in [1.29, 1.82) is 0 Å². The summed E-state index contributed by atoms with van der Waals surface area (Å²) in [6.07, 6.45) is 5.87. The number of H-pyrrole nitrogens is 1. The topological polar surface area (TPSA) is 106 Å². The highest BCUT2D eigenvalue weighted by atomic mass is 16.2. The number of anilines is 3. The molecule has 0 saturated carbocycles. The highest BCUT2D eigenvalue weighted by molar-refractivity contribution is 6.04. The summed E-state index contributed by atoms with van der Waals surface area (Å²) in [6.45, 7) is 1.96. The molecule has 0 radical (unpaired) electrons. The highest BCUT2D eigenvalue weighted by Crippen LogP contribution is 2.23. The minimum absolute atomic E-state index is 0.154. The maximum absolute atomic E-state index is 12.8. The summed E-state index contributed by atoms with van der Waals surface area (Å²) >= 11 is 0. The van der Waals surface area contributed by atoms with Crippen LogP contribution in [0.2, 0.25) is 0 Å². The summed E-state index contributed by atoms with van der Waals surface area (Å²) in [5.74, 6) is 0.260. The smallest absolute Gasteiger partial charge is 0.271 e. The molecule has 1 aromatic carbocycles. The molecule has 4 rings (SSSR count). The van der Waals surface area contributed by atoms with Crippen LogP contribution in [0.4, 0.5) is 17.2 Å². The number of hydrogen-bond donors (Lipinski definition) is 3. The van der Waals surface area contributed by atoms with E-state index in [4.69, 9.17) is 0 Å². The fraction of sp³-hybridized carbons (Fsp3) is 0.304. The van der Waals surface area contributed by atoms with Crippen molar-refractivity contribution >= 4 is 23.1 Å². The number of aromatic amines is 1. The molecular formula is C23H27N7O2. The fourth-order valence-electron chi connectivity index (χ4n) is 3.77. The minimum Gasteiger partial charge on any atom is -0.372 e. The molecule has 9 nitrogen and oxygen atoms in total. The first-order valence-electron chi connectivity index (χ1n) is 10.5. The van der Waals surface area contributed by atoms with E-state index >= 15 is 0 Å². The Morgan fingerprint density at radius 1 is 1.22 bits per heavy atom. The Bertz CT molecular complexity index is 1160. The Labute approximate surface area is 186 Å². The van der Waals surface area contributed by atoms with Crippen molar-refractivity contribution in [3.63, 3.8) is 0 Å². The van der Waals surface area contributed by atoms with E-state index < -0.39 is 0 Å². The lowest BCUT2D eigenvalue weighted by molar-refractivity contribution is 0.102. The van der Waals surface area contributed by atoms with Crippen molar-refractivity contribution in [2.24, 2.45) is 0 Å². The predicted molar refractivity (Wildman–Crippen MR) is 126 cm³/mol. The summed E-state index contributed by atoms with van der Waals surface area (Å²) in [6, 6.07) is 9.61. The van der Waals surface area contributed by atoms with E-state index in [1.54, 1.807) is 43.8 Å². The van der Waals surface area contributed by atoms with Crippen LogP contribution in [0.5, 0.6) is 0 Å². The second-order valence-electron chi connectivity index (χ2n) is 8.02. The van der Waals surface area contributed by atoms with E-state index in [-0.39, 0.29) is 17.2 Å². The van der Waals surface area contributed by atoms with Crippen LogP contribution in [0, 0.1) is 0 Å². The number of likely N-dealkylation sites (N-methyl/N-ethyl adjacent to an activating group) is 1. The number of amides is 1. The molecule has 1 atom stereocenters. The van der Waals surface area contributed by atoms with Crippen LogP contribution < -0.4 is 21.1 Å². The zero-order valence-electron chi connectivity index (χ0n) is 18.4. The van der Waals surface area contributed by atoms with Gasteiger partial charge in [0.2, 0.25) is 0 Å². The van der Waals surface area contributed by atoms with Crippen LogP contribution in [0.1, 0.15) is 16.8 Å². The Hall–Kier alpha value is -3.72. The maximum Gasteiger partial charge on any atom is 0.271 e. The average molecular weight is 434 g/mol. The maximum atomic E-state index is 12.8. The largest absolute Gasteiger partial charge is 0.372 e. The molecule has 1 unspecified atom stereocenters. The van der Waals surface area contributed by atoms with Crippen molar-refractivity contribution in [3.8, 4) is 11.3 Å². The Kier molecular flexibility index (Phi) is 6.18. The normalized spacial score (nSPS) is 15.8. The van der Waals surface area contributed by atoms with Crippen molar-refractivity contribution in [3.05, 3.63) is 64.8 Å². The van der Waals surface area contributed by atoms with E-state index in [0.29, 0.717) is 28.7 Å². The lowest BCUT2D eigenvalue weighted by Gasteiger charge is -2.22. The number of rotatable bonds is 6. The molecular weight excluding hydrogens is 406 g/mol. The molecule has 166 valence electrons. The van der Waals surface area contributed by atoms with Gasteiger partial charge in [-0.2, -0.15) is 0 Å². The number of nitrogens with zero attached hydrogens (tertiary/aromatic N) is 4. The van der Waals surface area contributed by atoms with Gasteiger partial charge in [0, 0.05) is 49.2 Å². The molecule has 1 amide bonds. The lowest BCUT2D eigenvalue weighted by Crippen LogP contribution is -2.31. The van der Waals surface area contributed by atoms with Gasteiger partial charge >= 0.3 is 0 Å². The van der Waals surface area contributed by atoms with Crippen LogP contribution in [0.25, 0.3) is 11.3 Å². The van der Waals surface area contributed by atoms with Gasteiger partial charge in [0.1, 0.15) is 11.5 Å². The Morgan fingerprint density at radius 3 is 2.69 bits per heavy atom. The van der Waals surface area contributed by atoms with Crippen molar-refractivity contribution in [2.45, 2.75) is 12.5 Å². The Balaban J connectivity index is 1.48. The van der Waals surface area contributed by atoms with Gasteiger partial charge in [0.25, 0.3) is 11.5 Å². The molecule has 9 heteroatoms. The molecule has 3 N–H and O–H groups in total. The third-order valence-electron chi connectivity index (χ3n) is 5.73. The number of aromatic nitrogens is 3. The van der Waals surface area contributed by atoms with Crippen molar-refractivity contribution in [2.75, 3.05) is 49.8 Å². The first kappa shape index (κ1) is 21.5. The summed E-state index contributed by atoms with van der Waals surface area (Å²) in [5.41, 5.74) is 2.57. The van der Waals surface area contributed by atoms with Gasteiger partial charge in [-0.25, -0.2) is 4.98 Å². The monoisotopic (exact) mass is 433 g/mol. The quantitative estimate of drug-likeness (QED) is 0.547. The fourth-order valence-corrected chi connectivity index (χ4v) is 3.77. The standard InChI is InChI=1S/C23H27N7O2/c1-24-21-13-25-12-20(27-21)16-10-19(23(32)26-11-16)28-22(31)15-4-6-17(7-5-15)30-9-8-18(14-30)29(2)3/h4-7,10-13,18H,8-9,14H2,1-3H3,(H,24,27)(H,26,32)(H,28,31). The van der Waals surface area contributed by atoms with Gasteiger partial charge in [0.05, 0.1) is 18.1 Å². The number of carbonyl (C=O) groups is 1. The molecule has 0 spiro atoms. The molecule has 1 fully saturated rings. The zero-order valence-corrected chi connectivity index (χ0v) is 18.4. The third kappa shape index (κ3) is 4.62. The van der Waals surface area contributed by atoms with E-state index in [1.807, 2.05) is 12.1 Å². The summed E-state index contributed by atoms with van der Waals surface area (Å²) in [5, 5.41) is 5.64. The number of hydrogen-bond acceptors (Lipinski definition) is 7. The van der Waals surface area contributed by atoms with E-state index in [1.165, 1.54) is 0 Å². The average Bonchev–Trinajstić information content (AvgIpc) is 3.31.